The van der Waals surface area contributed by atoms with Crippen molar-refractivity contribution in [2.45, 2.75) is 19.3 Å². The summed E-state index contributed by atoms with van der Waals surface area (Å²) in [7, 11) is 1.78. The van der Waals surface area contributed by atoms with Crippen molar-refractivity contribution in [3.63, 3.8) is 0 Å². The molecule has 1 N–H and O–H groups in total. The molecule has 0 spiro atoms. The number of nitrogens with zero attached hydrogens (tertiary/aromatic N) is 3. The third kappa shape index (κ3) is 2.66. The van der Waals surface area contributed by atoms with E-state index in [1.165, 1.54) is 0 Å². The Morgan fingerprint density at radius 3 is 3.00 bits per heavy atom. The summed E-state index contributed by atoms with van der Waals surface area (Å²) in [5.41, 5.74) is 0.632. The van der Waals surface area contributed by atoms with E-state index < -0.39 is 0 Å². The molecule has 1 amide bonds. The molecule has 94 valence electrons. The molecule has 5 heteroatoms. The van der Waals surface area contributed by atoms with Gasteiger partial charge in [-0.15, -0.1) is 0 Å². The summed E-state index contributed by atoms with van der Waals surface area (Å²) in [6, 6.07) is 1.75. The first-order chi connectivity index (χ1) is 8.22. The Morgan fingerprint density at radius 1 is 1.53 bits per heavy atom. The average molecular weight is 237 g/mol. The molecule has 17 heavy (non-hydrogen) atoms. The molecule has 0 aromatic carbocycles. The van der Waals surface area contributed by atoms with Crippen molar-refractivity contribution in [2.75, 3.05) is 19.7 Å². The van der Waals surface area contributed by atoms with Crippen LogP contribution < -0.4 is 0 Å². The minimum absolute atomic E-state index is 0.0450. The van der Waals surface area contributed by atoms with Crippen LogP contribution in [0.15, 0.2) is 12.3 Å². The van der Waals surface area contributed by atoms with Gasteiger partial charge in [-0.3, -0.25) is 9.48 Å². The SMILES string of the molecule is Cn1nccc1C(=O)N1CCCC(CO)CC1. The summed E-state index contributed by atoms with van der Waals surface area (Å²) in [5.74, 6) is 0.392. The fourth-order valence-corrected chi connectivity index (χ4v) is 2.30. The van der Waals surface area contributed by atoms with Crippen LogP contribution in [0.3, 0.4) is 0 Å². The highest BCUT2D eigenvalue weighted by Gasteiger charge is 2.22. The second kappa shape index (κ2) is 5.31. The van der Waals surface area contributed by atoms with Gasteiger partial charge < -0.3 is 10.0 Å². The molecule has 0 saturated carbocycles. The highest BCUT2D eigenvalue weighted by molar-refractivity contribution is 5.92. The third-order valence-corrected chi connectivity index (χ3v) is 3.43. The van der Waals surface area contributed by atoms with E-state index in [0.717, 1.165) is 32.4 Å². The lowest BCUT2D eigenvalue weighted by Gasteiger charge is -2.20. The number of aryl methyl sites for hydroxylation is 1. The van der Waals surface area contributed by atoms with E-state index >= 15 is 0 Å². The second-order valence-corrected chi connectivity index (χ2v) is 4.61. The molecule has 1 unspecified atom stereocenters. The number of aromatic nitrogens is 2. The molecule has 5 nitrogen and oxygen atoms in total. The quantitative estimate of drug-likeness (QED) is 0.822. The topological polar surface area (TPSA) is 58.4 Å². The molecule has 1 saturated heterocycles. The van der Waals surface area contributed by atoms with Gasteiger partial charge in [0.15, 0.2) is 0 Å². The van der Waals surface area contributed by atoms with Gasteiger partial charge in [0.25, 0.3) is 5.91 Å². The van der Waals surface area contributed by atoms with Crippen molar-refractivity contribution in [3.8, 4) is 0 Å². The number of carbonyl (C=O) groups is 1. The fourth-order valence-electron chi connectivity index (χ4n) is 2.30. The summed E-state index contributed by atoms with van der Waals surface area (Å²) in [5, 5.41) is 13.2. The molecule has 1 fully saturated rings. The standard InChI is InChI=1S/C12H19N3O2/c1-14-11(4-6-13-14)12(17)15-7-2-3-10(9-16)5-8-15/h4,6,10,16H,2-3,5,7-9H2,1H3. The molecule has 0 bridgehead atoms. The molecule has 1 aliphatic rings. The summed E-state index contributed by atoms with van der Waals surface area (Å²) in [6.45, 7) is 1.74. The first kappa shape index (κ1) is 12.1. The highest BCUT2D eigenvalue weighted by Crippen LogP contribution is 2.18. The maximum atomic E-state index is 12.2. The number of amides is 1. The first-order valence-electron chi connectivity index (χ1n) is 6.10. The van der Waals surface area contributed by atoms with Crippen molar-refractivity contribution in [3.05, 3.63) is 18.0 Å². The van der Waals surface area contributed by atoms with Crippen molar-refractivity contribution in [1.29, 1.82) is 0 Å². The van der Waals surface area contributed by atoms with E-state index in [2.05, 4.69) is 5.10 Å². The molecule has 2 heterocycles. The van der Waals surface area contributed by atoms with Crippen LogP contribution in [0, 0.1) is 5.92 Å². The van der Waals surface area contributed by atoms with E-state index in [4.69, 9.17) is 5.11 Å². The van der Waals surface area contributed by atoms with Gasteiger partial charge in [-0.25, -0.2) is 0 Å². The largest absolute Gasteiger partial charge is 0.396 e. The predicted octanol–water partition coefficient (Wildman–Crippen LogP) is 0.655. The minimum atomic E-state index is 0.0450. The Labute approximate surface area is 101 Å². The Morgan fingerprint density at radius 2 is 2.35 bits per heavy atom. The Balaban J connectivity index is 2.03. The van der Waals surface area contributed by atoms with Crippen LogP contribution in [0.4, 0.5) is 0 Å². The summed E-state index contributed by atoms with van der Waals surface area (Å²) < 4.78 is 1.61. The van der Waals surface area contributed by atoms with Crippen LogP contribution >= 0.6 is 0 Å². The Hall–Kier alpha value is -1.36. The van der Waals surface area contributed by atoms with E-state index in [-0.39, 0.29) is 12.5 Å². The van der Waals surface area contributed by atoms with Gasteiger partial charge in [-0.1, -0.05) is 0 Å². The van der Waals surface area contributed by atoms with E-state index in [0.29, 0.717) is 11.6 Å². The lowest BCUT2D eigenvalue weighted by Crippen LogP contribution is -2.33. The van der Waals surface area contributed by atoms with Crippen LogP contribution in [0.25, 0.3) is 0 Å². The molecule has 1 atom stereocenters. The maximum absolute atomic E-state index is 12.2. The van der Waals surface area contributed by atoms with E-state index in [9.17, 15) is 4.79 Å². The van der Waals surface area contributed by atoms with Crippen LogP contribution in [0.5, 0.6) is 0 Å². The zero-order chi connectivity index (χ0) is 12.3. The number of carbonyl (C=O) groups excluding carboxylic acids is 1. The van der Waals surface area contributed by atoms with Crippen LogP contribution in [0.2, 0.25) is 0 Å². The zero-order valence-corrected chi connectivity index (χ0v) is 10.2. The number of aliphatic hydroxyl groups excluding tert-OH is 1. The predicted molar refractivity (Wildman–Crippen MR) is 63.5 cm³/mol. The number of hydrogen-bond donors (Lipinski definition) is 1. The zero-order valence-electron chi connectivity index (χ0n) is 10.2. The Bertz CT molecular complexity index is 389. The van der Waals surface area contributed by atoms with Crippen LogP contribution in [0.1, 0.15) is 29.8 Å². The summed E-state index contributed by atoms with van der Waals surface area (Å²) in [4.78, 5) is 14.1. The van der Waals surface area contributed by atoms with Crippen LogP contribution in [-0.2, 0) is 7.05 Å². The van der Waals surface area contributed by atoms with E-state index in [1.807, 2.05) is 4.90 Å². The second-order valence-electron chi connectivity index (χ2n) is 4.61. The number of hydrogen-bond acceptors (Lipinski definition) is 3. The summed E-state index contributed by atoms with van der Waals surface area (Å²) >= 11 is 0. The molecule has 2 rings (SSSR count). The number of likely N-dealkylation sites (tertiary alicyclic amines) is 1. The molecule has 1 aromatic heterocycles. The van der Waals surface area contributed by atoms with Crippen molar-refractivity contribution in [2.24, 2.45) is 13.0 Å². The average Bonchev–Trinajstić information content (AvgIpc) is 2.64. The minimum Gasteiger partial charge on any atom is -0.396 e. The van der Waals surface area contributed by atoms with Gasteiger partial charge in [0.05, 0.1) is 0 Å². The number of aliphatic hydroxyl groups is 1. The fraction of sp³-hybridized carbons (Fsp3) is 0.667. The molecular formula is C12H19N3O2. The lowest BCUT2D eigenvalue weighted by molar-refractivity contribution is 0.0746. The van der Waals surface area contributed by atoms with Crippen molar-refractivity contribution < 1.29 is 9.90 Å². The maximum Gasteiger partial charge on any atom is 0.272 e. The lowest BCUT2D eigenvalue weighted by atomic mass is 10.0. The van der Waals surface area contributed by atoms with Crippen molar-refractivity contribution >= 4 is 5.91 Å². The van der Waals surface area contributed by atoms with Gasteiger partial charge in [-0.05, 0) is 31.2 Å². The molecular weight excluding hydrogens is 218 g/mol. The number of rotatable bonds is 2. The Kier molecular flexibility index (Phi) is 3.78. The van der Waals surface area contributed by atoms with E-state index in [1.54, 1.807) is 24.0 Å². The van der Waals surface area contributed by atoms with Gasteiger partial charge in [0.2, 0.25) is 0 Å². The molecule has 0 radical (unpaired) electrons. The molecule has 0 aliphatic carbocycles. The normalized spacial score (nSPS) is 21.3. The third-order valence-electron chi connectivity index (χ3n) is 3.43. The molecule has 1 aromatic rings. The first-order valence-corrected chi connectivity index (χ1v) is 6.10. The van der Waals surface area contributed by atoms with Gasteiger partial charge in [-0.2, -0.15) is 5.10 Å². The monoisotopic (exact) mass is 237 g/mol. The van der Waals surface area contributed by atoms with Gasteiger partial charge in [0.1, 0.15) is 5.69 Å². The molecule has 1 aliphatic heterocycles. The van der Waals surface area contributed by atoms with Crippen molar-refractivity contribution in [1.82, 2.24) is 14.7 Å². The van der Waals surface area contributed by atoms with Crippen LogP contribution in [-0.4, -0.2) is 45.4 Å². The smallest absolute Gasteiger partial charge is 0.272 e. The van der Waals surface area contributed by atoms with Gasteiger partial charge >= 0.3 is 0 Å². The summed E-state index contributed by atoms with van der Waals surface area (Å²) in [6.07, 6.45) is 4.50. The van der Waals surface area contributed by atoms with Gasteiger partial charge in [0, 0.05) is 32.9 Å². The highest BCUT2D eigenvalue weighted by atomic mass is 16.3.